The molecule has 1 aromatic heterocycles. The summed E-state index contributed by atoms with van der Waals surface area (Å²) in [5.74, 6) is 1.32. The maximum Gasteiger partial charge on any atom is 0.128 e. The number of aliphatic hydroxyl groups is 1. The van der Waals surface area contributed by atoms with Crippen molar-refractivity contribution in [3.05, 3.63) is 47.8 Å². The number of ether oxygens (including phenoxy) is 2. The molecule has 0 aliphatic carbocycles. The van der Waals surface area contributed by atoms with Crippen LogP contribution in [0.5, 0.6) is 11.5 Å². The zero-order chi connectivity index (χ0) is 13.1. The Labute approximate surface area is 106 Å². The van der Waals surface area contributed by atoms with E-state index in [2.05, 4.69) is 0 Å². The highest BCUT2D eigenvalue weighted by Crippen LogP contribution is 2.32. The van der Waals surface area contributed by atoms with Gasteiger partial charge in [0.1, 0.15) is 17.6 Å². The van der Waals surface area contributed by atoms with Crippen LogP contribution < -0.4 is 9.47 Å². The number of hydrogen-bond donors (Lipinski definition) is 1. The van der Waals surface area contributed by atoms with Gasteiger partial charge in [-0.15, -0.1) is 0 Å². The molecule has 2 aromatic rings. The number of aliphatic hydroxyl groups excluding tert-OH is 1. The van der Waals surface area contributed by atoms with Crippen LogP contribution in [0.15, 0.2) is 36.5 Å². The van der Waals surface area contributed by atoms with Gasteiger partial charge < -0.3 is 19.1 Å². The Kier molecular flexibility index (Phi) is 3.58. The van der Waals surface area contributed by atoms with Gasteiger partial charge in [0.2, 0.25) is 0 Å². The highest BCUT2D eigenvalue weighted by Gasteiger charge is 2.18. The van der Waals surface area contributed by atoms with Crippen molar-refractivity contribution in [3.63, 3.8) is 0 Å². The predicted octanol–water partition coefficient (Wildman–Crippen LogP) is 2.12. The maximum atomic E-state index is 10.4. The lowest BCUT2D eigenvalue weighted by Gasteiger charge is -2.16. The Hall–Kier alpha value is -1.94. The number of rotatable bonds is 4. The molecule has 0 unspecified atom stereocenters. The quantitative estimate of drug-likeness (QED) is 0.900. The number of hydrogen-bond acceptors (Lipinski definition) is 3. The van der Waals surface area contributed by atoms with Crippen molar-refractivity contribution in [1.82, 2.24) is 4.57 Å². The fourth-order valence-electron chi connectivity index (χ4n) is 1.96. The zero-order valence-electron chi connectivity index (χ0n) is 10.8. The van der Waals surface area contributed by atoms with Gasteiger partial charge in [0, 0.05) is 24.9 Å². The average Bonchev–Trinajstić information content (AvgIpc) is 2.83. The third kappa shape index (κ3) is 2.19. The van der Waals surface area contributed by atoms with Crippen LogP contribution in [0.2, 0.25) is 0 Å². The average molecular weight is 247 g/mol. The molecule has 2 rings (SSSR count). The fraction of sp³-hybridized carbons (Fsp3) is 0.286. The van der Waals surface area contributed by atoms with Gasteiger partial charge in [0.15, 0.2) is 0 Å². The Morgan fingerprint density at radius 2 is 1.94 bits per heavy atom. The van der Waals surface area contributed by atoms with Gasteiger partial charge >= 0.3 is 0 Å². The highest BCUT2D eigenvalue weighted by atomic mass is 16.5. The van der Waals surface area contributed by atoms with E-state index in [0.717, 1.165) is 11.3 Å². The lowest BCUT2D eigenvalue weighted by molar-refractivity contribution is 0.206. The van der Waals surface area contributed by atoms with Gasteiger partial charge in [-0.05, 0) is 24.3 Å². The summed E-state index contributed by atoms with van der Waals surface area (Å²) in [6, 6.07) is 9.17. The van der Waals surface area contributed by atoms with Crippen LogP contribution in [0.25, 0.3) is 0 Å². The SMILES string of the molecule is COc1ccc([C@@H](O)c2cccn2C)c(OC)c1. The first kappa shape index (κ1) is 12.5. The van der Waals surface area contributed by atoms with Gasteiger partial charge in [-0.3, -0.25) is 0 Å². The molecule has 1 heterocycles. The largest absolute Gasteiger partial charge is 0.497 e. The minimum atomic E-state index is -0.717. The van der Waals surface area contributed by atoms with Crippen molar-refractivity contribution in [2.24, 2.45) is 7.05 Å². The summed E-state index contributed by atoms with van der Waals surface area (Å²) in [5, 5.41) is 10.4. The van der Waals surface area contributed by atoms with Gasteiger partial charge in [-0.2, -0.15) is 0 Å². The van der Waals surface area contributed by atoms with Crippen LogP contribution >= 0.6 is 0 Å². The summed E-state index contributed by atoms with van der Waals surface area (Å²) in [6.45, 7) is 0. The molecule has 0 fully saturated rings. The second kappa shape index (κ2) is 5.14. The van der Waals surface area contributed by atoms with Crippen LogP contribution in [-0.2, 0) is 7.05 Å². The van der Waals surface area contributed by atoms with E-state index in [0.29, 0.717) is 11.5 Å². The summed E-state index contributed by atoms with van der Waals surface area (Å²) >= 11 is 0. The number of aromatic nitrogens is 1. The lowest BCUT2D eigenvalue weighted by atomic mass is 10.1. The van der Waals surface area contributed by atoms with Crippen molar-refractivity contribution in [3.8, 4) is 11.5 Å². The molecule has 0 aliphatic heterocycles. The van der Waals surface area contributed by atoms with E-state index in [1.165, 1.54) is 0 Å². The second-order valence-corrected chi connectivity index (χ2v) is 4.05. The second-order valence-electron chi connectivity index (χ2n) is 4.05. The van der Waals surface area contributed by atoms with Crippen molar-refractivity contribution < 1.29 is 14.6 Å². The van der Waals surface area contributed by atoms with Crippen LogP contribution in [0.1, 0.15) is 17.4 Å². The molecule has 0 radical (unpaired) electrons. The summed E-state index contributed by atoms with van der Waals surface area (Å²) < 4.78 is 12.3. The topological polar surface area (TPSA) is 43.6 Å². The number of nitrogens with zero attached hydrogens (tertiary/aromatic N) is 1. The fourth-order valence-corrected chi connectivity index (χ4v) is 1.96. The number of benzene rings is 1. The highest BCUT2D eigenvalue weighted by molar-refractivity contribution is 5.44. The third-order valence-corrected chi connectivity index (χ3v) is 3.00. The summed E-state index contributed by atoms with van der Waals surface area (Å²) in [6.07, 6.45) is 1.18. The predicted molar refractivity (Wildman–Crippen MR) is 69.0 cm³/mol. The Bertz CT molecular complexity index is 534. The van der Waals surface area contributed by atoms with E-state index in [1.807, 2.05) is 42.1 Å². The van der Waals surface area contributed by atoms with Gasteiger partial charge in [-0.25, -0.2) is 0 Å². The molecule has 0 saturated carbocycles. The van der Waals surface area contributed by atoms with Crippen LogP contribution in [-0.4, -0.2) is 23.9 Å². The molecule has 1 aromatic carbocycles. The molecule has 4 nitrogen and oxygen atoms in total. The Morgan fingerprint density at radius 3 is 2.50 bits per heavy atom. The lowest BCUT2D eigenvalue weighted by Crippen LogP contribution is -2.06. The van der Waals surface area contributed by atoms with Crippen molar-refractivity contribution in [1.29, 1.82) is 0 Å². The molecule has 96 valence electrons. The van der Waals surface area contributed by atoms with E-state index in [4.69, 9.17) is 9.47 Å². The first-order valence-corrected chi connectivity index (χ1v) is 5.68. The molecule has 1 atom stereocenters. The normalized spacial score (nSPS) is 12.2. The van der Waals surface area contributed by atoms with E-state index >= 15 is 0 Å². The first-order valence-electron chi connectivity index (χ1n) is 5.68. The molecule has 1 N–H and O–H groups in total. The zero-order valence-corrected chi connectivity index (χ0v) is 10.8. The molecular weight excluding hydrogens is 230 g/mol. The summed E-state index contributed by atoms with van der Waals surface area (Å²) in [5.41, 5.74) is 1.54. The number of methoxy groups -OCH3 is 2. The standard InChI is InChI=1S/C14H17NO3/c1-15-8-4-5-12(15)14(16)11-7-6-10(17-2)9-13(11)18-3/h4-9,14,16H,1-3H3/t14-/m1/s1. The van der Waals surface area contributed by atoms with Crippen molar-refractivity contribution in [2.45, 2.75) is 6.10 Å². The van der Waals surface area contributed by atoms with Crippen LogP contribution in [0.3, 0.4) is 0 Å². The first-order chi connectivity index (χ1) is 8.67. The van der Waals surface area contributed by atoms with E-state index in [-0.39, 0.29) is 0 Å². The molecule has 18 heavy (non-hydrogen) atoms. The van der Waals surface area contributed by atoms with Gasteiger partial charge in [0.05, 0.1) is 19.9 Å². The van der Waals surface area contributed by atoms with E-state index < -0.39 is 6.10 Å². The Morgan fingerprint density at radius 1 is 1.17 bits per heavy atom. The molecule has 4 heteroatoms. The van der Waals surface area contributed by atoms with Crippen molar-refractivity contribution in [2.75, 3.05) is 14.2 Å². The Balaban J connectivity index is 2.41. The van der Waals surface area contributed by atoms with Crippen LogP contribution in [0, 0.1) is 0 Å². The molecular formula is C14H17NO3. The molecule has 0 spiro atoms. The maximum absolute atomic E-state index is 10.4. The minimum absolute atomic E-state index is 0.614. The minimum Gasteiger partial charge on any atom is -0.497 e. The third-order valence-electron chi connectivity index (χ3n) is 3.00. The number of aryl methyl sites for hydroxylation is 1. The van der Waals surface area contributed by atoms with Gasteiger partial charge in [0.25, 0.3) is 0 Å². The molecule has 0 amide bonds. The van der Waals surface area contributed by atoms with E-state index in [1.54, 1.807) is 20.3 Å². The summed E-state index contributed by atoms with van der Waals surface area (Å²) in [7, 11) is 5.08. The molecule has 0 saturated heterocycles. The summed E-state index contributed by atoms with van der Waals surface area (Å²) in [4.78, 5) is 0. The molecule has 0 bridgehead atoms. The smallest absolute Gasteiger partial charge is 0.128 e. The monoisotopic (exact) mass is 247 g/mol. The van der Waals surface area contributed by atoms with Crippen LogP contribution in [0.4, 0.5) is 0 Å². The van der Waals surface area contributed by atoms with Gasteiger partial charge in [-0.1, -0.05) is 0 Å². The molecule has 0 aliphatic rings. The van der Waals surface area contributed by atoms with E-state index in [9.17, 15) is 5.11 Å². The van der Waals surface area contributed by atoms with Crippen molar-refractivity contribution >= 4 is 0 Å².